The third kappa shape index (κ3) is 2.24. The number of H-pyrrole nitrogens is 1. The summed E-state index contributed by atoms with van der Waals surface area (Å²) in [5, 5.41) is 0. The largest absolute Gasteiger partial charge is 0.432 e. The van der Waals surface area contributed by atoms with E-state index < -0.39 is 26.7 Å². The Morgan fingerprint density at radius 3 is 2.33 bits per heavy atom. The van der Waals surface area contributed by atoms with Gasteiger partial charge in [-0.25, -0.2) is 4.79 Å². The zero-order valence-corrected chi connectivity index (χ0v) is 9.64. The van der Waals surface area contributed by atoms with Crippen molar-refractivity contribution in [2.24, 2.45) is 0 Å². The summed E-state index contributed by atoms with van der Waals surface area (Å²) in [6, 6.07) is 0. The van der Waals surface area contributed by atoms with Gasteiger partial charge >= 0.3 is 11.9 Å². The lowest BCUT2D eigenvalue weighted by Gasteiger charge is -2.09. The van der Waals surface area contributed by atoms with Gasteiger partial charge in [0.2, 0.25) is 0 Å². The minimum Gasteiger partial charge on any atom is -0.302 e. The van der Waals surface area contributed by atoms with Crippen molar-refractivity contribution in [1.29, 1.82) is 0 Å². The van der Waals surface area contributed by atoms with E-state index in [-0.39, 0.29) is 6.54 Å². The van der Waals surface area contributed by atoms with Crippen LogP contribution >= 0.6 is 22.6 Å². The first-order chi connectivity index (χ1) is 6.79. The molecule has 0 aliphatic carbocycles. The lowest BCUT2D eigenvalue weighted by Crippen LogP contribution is -2.39. The Balaban J connectivity index is 3.63. The number of aromatic amines is 1. The van der Waals surface area contributed by atoms with Crippen LogP contribution in [0.5, 0.6) is 0 Å². The van der Waals surface area contributed by atoms with Crippen LogP contribution in [0.15, 0.2) is 9.59 Å². The van der Waals surface area contributed by atoms with Crippen LogP contribution in [0.1, 0.15) is 12.6 Å². The average molecular weight is 334 g/mol. The molecule has 84 valence electrons. The van der Waals surface area contributed by atoms with Gasteiger partial charge in [-0.05, 0) is 29.5 Å². The van der Waals surface area contributed by atoms with Crippen molar-refractivity contribution in [3.63, 3.8) is 0 Å². The molecule has 0 aromatic carbocycles. The Kier molecular flexibility index (Phi) is 3.26. The van der Waals surface area contributed by atoms with Gasteiger partial charge in [-0.3, -0.25) is 9.36 Å². The first-order valence-corrected chi connectivity index (χ1v) is 4.96. The van der Waals surface area contributed by atoms with Crippen LogP contribution < -0.4 is 11.2 Å². The second-order valence-electron chi connectivity index (χ2n) is 2.67. The summed E-state index contributed by atoms with van der Waals surface area (Å²) >= 11 is 1.27. The molecule has 8 heteroatoms. The first-order valence-electron chi connectivity index (χ1n) is 3.88. The molecule has 0 bridgehead atoms. The van der Waals surface area contributed by atoms with E-state index in [9.17, 15) is 22.8 Å². The summed E-state index contributed by atoms with van der Waals surface area (Å²) in [4.78, 5) is 24.1. The minimum atomic E-state index is -4.72. The molecule has 1 heterocycles. The van der Waals surface area contributed by atoms with E-state index in [1.54, 1.807) is 4.98 Å². The highest BCUT2D eigenvalue weighted by Gasteiger charge is 2.36. The molecule has 0 saturated carbocycles. The Labute approximate surface area is 95.3 Å². The molecule has 0 spiro atoms. The number of alkyl halides is 3. The normalized spacial score (nSPS) is 11.8. The third-order valence-electron chi connectivity index (χ3n) is 1.73. The van der Waals surface area contributed by atoms with Crippen LogP contribution in [0.25, 0.3) is 0 Å². The van der Waals surface area contributed by atoms with Crippen molar-refractivity contribution in [3.05, 3.63) is 30.1 Å². The highest BCUT2D eigenvalue weighted by atomic mass is 127. The van der Waals surface area contributed by atoms with Crippen molar-refractivity contribution in [2.75, 3.05) is 0 Å². The van der Waals surface area contributed by atoms with E-state index in [0.29, 0.717) is 4.57 Å². The molecule has 4 nitrogen and oxygen atoms in total. The van der Waals surface area contributed by atoms with Crippen molar-refractivity contribution in [3.8, 4) is 0 Å². The standard InChI is InChI=1S/C7H6F3IN2O2/c1-2-13-5(14)3(11)4(7(8,9)10)12-6(13)15/h2H2,1H3,(H,12,15). The van der Waals surface area contributed by atoms with Gasteiger partial charge in [-0.2, -0.15) is 13.2 Å². The molecule has 1 aromatic heterocycles. The molecule has 1 rings (SSSR count). The van der Waals surface area contributed by atoms with Gasteiger partial charge in [0.1, 0.15) is 9.26 Å². The molecule has 0 fully saturated rings. The molecule has 0 unspecified atom stereocenters. The number of hydrogen-bond donors (Lipinski definition) is 1. The van der Waals surface area contributed by atoms with Gasteiger partial charge in [0.25, 0.3) is 5.56 Å². The lowest BCUT2D eigenvalue weighted by molar-refractivity contribution is -0.142. The fourth-order valence-electron chi connectivity index (χ4n) is 1.03. The summed E-state index contributed by atoms with van der Waals surface area (Å²) in [5.74, 6) is 0. The smallest absolute Gasteiger partial charge is 0.302 e. The van der Waals surface area contributed by atoms with Gasteiger partial charge in [-0.15, -0.1) is 0 Å². The lowest BCUT2D eigenvalue weighted by atomic mass is 10.4. The molecule has 0 radical (unpaired) electrons. The maximum atomic E-state index is 12.3. The molecular weight excluding hydrogens is 328 g/mol. The van der Waals surface area contributed by atoms with E-state index in [2.05, 4.69) is 0 Å². The predicted molar refractivity (Wildman–Crippen MR) is 54.7 cm³/mol. The highest BCUT2D eigenvalue weighted by Crippen LogP contribution is 2.28. The number of halogens is 4. The SMILES string of the molecule is CCn1c(=O)[nH]c(C(F)(F)F)c(I)c1=O. The van der Waals surface area contributed by atoms with Gasteiger partial charge < -0.3 is 4.98 Å². The summed E-state index contributed by atoms with van der Waals surface area (Å²) in [7, 11) is 0. The second kappa shape index (κ2) is 3.99. The number of nitrogens with one attached hydrogen (secondary N) is 1. The number of aromatic nitrogens is 2. The van der Waals surface area contributed by atoms with Crippen LogP contribution in [0.3, 0.4) is 0 Å². The minimum absolute atomic E-state index is 0.0301. The Bertz CT molecular complexity index is 488. The van der Waals surface area contributed by atoms with Crippen LogP contribution in [0.4, 0.5) is 13.2 Å². The number of hydrogen-bond acceptors (Lipinski definition) is 2. The molecule has 1 aromatic rings. The zero-order valence-electron chi connectivity index (χ0n) is 7.48. The van der Waals surface area contributed by atoms with Gasteiger partial charge in [0.15, 0.2) is 0 Å². The van der Waals surface area contributed by atoms with Gasteiger partial charge in [0, 0.05) is 6.54 Å². The molecule has 0 aliphatic rings. The van der Waals surface area contributed by atoms with E-state index in [1.165, 1.54) is 29.5 Å². The Morgan fingerprint density at radius 2 is 1.93 bits per heavy atom. The quantitative estimate of drug-likeness (QED) is 0.785. The summed E-state index contributed by atoms with van der Waals surface area (Å²) in [6.45, 7) is 1.53. The van der Waals surface area contributed by atoms with E-state index in [1.807, 2.05) is 0 Å². The molecular formula is C7H6F3IN2O2. The molecule has 0 atom stereocenters. The topological polar surface area (TPSA) is 54.9 Å². The molecule has 15 heavy (non-hydrogen) atoms. The predicted octanol–water partition coefficient (Wildman–Crippen LogP) is 1.18. The molecule has 1 N–H and O–H groups in total. The first kappa shape index (κ1) is 12.3. The molecule has 0 aliphatic heterocycles. The number of rotatable bonds is 1. The Morgan fingerprint density at radius 1 is 1.40 bits per heavy atom. The Hall–Kier alpha value is -0.800. The third-order valence-corrected chi connectivity index (χ3v) is 2.73. The van der Waals surface area contributed by atoms with Crippen LogP contribution in [-0.2, 0) is 12.7 Å². The van der Waals surface area contributed by atoms with Crippen molar-refractivity contribution >= 4 is 22.6 Å². The maximum Gasteiger partial charge on any atom is 0.432 e. The van der Waals surface area contributed by atoms with Gasteiger partial charge in [-0.1, -0.05) is 0 Å². The summed E-state index contributed by atoms with van der Waals surface area (Å²) < 4.78 is 37.1. The monoisotopic (exact) mass is 334 g/mol. The van der Waals surface area contributed by atoms with Crippen molar-refractivity contribution in [1.82, 2.24) is 9.55 Å². The number of nitrogens with zero attached hydrogens (tertiary/aromatic N) is 1. The summed E-state index contributed by atoms with van der Waals surface area (Å²) in [5.41, 5.74) is -3.26. The fourth-order valence-corrected chi connectivity index (χ4v) is 1.76. The molecule has 0 saturated heterocycles. The zero-order chi connectivity index (χ0) is 11.8. The highest BCUT2D eigenvalue weighted by molar-refractivity contribution is 14.1. The van der Waals surface area contributed by atoms with Crippen LogP contribution in [0.2, 0.25) is 0 Å². The van der Waals surface area contributed by atoms with E-state index in [4.69, 9.17) is 0 Å². The van der Waals surface area contributed by atoms with E-state index >= 15 is 0 Å². The second-order valence-corrected chi connectivity index (χ2v) is 3.75. The van der Waals surface area contributed by atoms with Crippen molar-refractivity contribution < 1.29 is 13.2 Å². The maximum absolute atomic E-state index is 12.3. The average Bonchev–Trinajstić information content (AvgIpc) is 2.10. The fraction of sp³-hybridized carbons (Fsp3) is 0.429. The summed E-state index contributed by atoms with van der Waals surface area (Å²) in [6.07, 6.45) is -4.72. The van der Waals surface area contributed by atoms with Gasteiger partial charge in [0.05, 0.1) is 0 Å². The van der Waals surface area contributed by atoms with Crippen molar-refractivity contribution in [2.45, 2.75) is 19.6 Å². The van der Waals surface area contributed by atoms with Crippen LogP contribution in [0, 0.1) is 3.57 Å². The molecule has 0 amide bonds. The van der Waals surface area contributed by atoms with E-state index in [0.717, 1.165) is 0 Å². The van der Waals surface area contributed by atoms with Crippen LogP contribution in [-0.4, -0.2) is 9.55 Å².